The first-order chi connectivity index (χ1) is 23.3. The minimum Gasteiger partial charge on any atom is -0.467 e. The molecular weight excluding hydrogens is 634 g/mol. The molecule has 0 radical (unpaired) electrons. The van der Waals surface area contributed by atoms with E-state index in [2.05, 4.69) is 26.3 Å². The Morgan fingerprint density at radius 3 is 2.20 bits per heavy atom. The molecule has 0 saturated carbocycles. The van der Waals surface area contributed by atoms with E-state index in [0.717, 1.165) is 29.1 Å². The van der Waals surface area contributed by atoms with Gasteiger partial charge < -0.3 is 45.6 Å². The number of fused-ring (bicyclic) bond motifs is 1. The van der Waals surface area contributed by atoms with Gasteiger partial charge in [-0.1, -0.05) is 48.5 Å². The molecule has 0 fully saturated rings. The Kier molecular flexibility index (Phi) is 14.4. The first kappa shape index (κ1) is 38.3. The van der Waals surface area contributed by atoms with Crippen molar-refractivity contribution < 1.29 is 43.3 Å². The summed E-state index contributed by atoms with van der Waals surface area (Å²) < 4.78 is 15.3. The monoisotopic (exact) mass is 681 g/mol. The second kappa shape index (κ2) is 18.4. The van der Waals surface area contributed by atoms with Gasteiger partial charge >= 0.3 is 18.2 Å². The predicted octanol–water partition coefficient (Wildman–Crippen LogP) is 3.22. The third-order valence-corrected chi connectivity index (χ3v) is 7.38. The van der Waals surface area contributed by atoms with Gasteiger partial charge in [0.15, 0.2) is 6.04 Å². The van der Waals surface area contributed by atoms with Gasteiger partial charge in [0, 0.05) is 30.1 Å². The maximum absolute atomic E-state index is 13.8. The van der Waals surface area contributed by atoms with E-state index in [0.29, 0.717) is 12.8 Å². The Hall–Kier alpha value is -5.11. The van der Waals surface area contributed by atoms with Gasteiger partial charge in [0.25, 0.3) is 0 Å². The zero-order chi connectivity index (χ0) is 36.0. The van der Waals surface area contributed by atoms with Crippen LogP contribution in [-0.4, -0.2) is 83.5 Å². The fourth-order valence-electron chi connectivity index (χ4n) is 4.92. The largest absolute Gasteiger partial charge is 0.467 e. The second-order valence-electron chi connectivity index (χ2n) is 12.6. The number of aliphatic hydroxyl groups is 1. The summed E-state index contributed by atoms with van der Waals surface area (Å²) in [5.74, 6) is -2.29. The van der Waals surface area contributed by atoms with E-state index < -0.39 is 59.8 Å². The normalized spacial score (nSPS) is 13.7. The van der Waals surface area contributed by atoms with Gasteiger partial charge in [0.2, 0.25) is 11.8 Å². The van der Waals surface area contributed by atoms with Crippen molar-refractivity contribution in [2.24, 2.45) is 0 Å². The van der Waals surface area contributed by atoms with Gasteiger partial charge in [-0.05, 0) is 64.2 Å². The van der Waals surface area contributed by atoms with Crippen molar-refractivity contribution in [1.29, 1.82) is 0 Å². The fraction of sp³-hybridized carbons (Fsp3) is 0.457. The number of nitrogens with one attached hydrogen (secondary N) is 5. The highest BCUT2D eigenvalue weighted by Gasteiger charge is 2.33. The Bertz CT molecular complexity index is 1550. The molecule has 0 unspecified atom stereocenters. The SMILES string of the molecule is COC(=O)[C@H](NC(=O)[C@H](CCCCNC(=O)OCc1ccccc1)NC(=O)[C@@H](Cc1c[nH]c2ccccc12)NC(=O)OC(C)(C)C)[C@@H](C)O. The number of aliphatic hydroxyl groups excluding tert-OH is 1. The highest BCUT2D eigenvalue weighted by Crippen LogP contribution is 2.20. The molecule has 4 amide bonds. The highest BCUT2D eigenvalue weighted by molar-refractivity contribution is 5.94. The number of ether oxygens (including phenoxy) is 3. The van der Waals surface area contributed by atoms with E-state index in [9.17, 15) is 29.1 Å². The van der Waals surface area contributed by atoms with Crippen LogP contribution in [-0.2, 0) is 41.6 Å². The first-order valence-electron chi connectivity index (χ1n) is 16.1. The number of benzene rings is 2. The molecule has 1 aromatic heterocycles. The van der Waals surface area contributed by atoms with Gasteiger partial charge in [-0.25, -0.2) is 14.4 Å². The van der Waals surface area contributed by atoms with Crippen LogP contribution in [0.15, 0.2) is 60.8 Å². The molecule has 3 rings (SSSR count). The van der Waals surface area contributed by atoms with Crippen LogP contribution in [0.2, 0.25) is 0 Å². The first-order valence-corrected chi connectivity index (χ1v) is 16.1. The summed E-state index contributed by atoms with van der Waals surface area (Å²) in [6, 6.07) is 13.0. The third kappa shape index (κ3) is 12.8. The van der Waals surface area contributed by atoms with Crippen molar-refractivity contribution in [2.45, 2.75) is 89.8 Å². The summed E-state index contributed by atoms with van der Waals surface area (Å²) in [6.45, 7) is 6.75. The Morgan fingerprint density at radius 2 is 1.53 bits per heavy atom. The summed E-state index contributed by atoms with van der Waals surface area (Å²) in [4.78, 5) is 67.7. The minimum absolute atomic E-state index is 0.0664. The van der Waals surface area contributed by atoms with Gasteiger partial charge in [-0.3, -0.25) is 9.59 Å². The molecular formula is C35H47N5O9. The number of H-pyrrole nitrogens is 1. The molecule has 0 aliphatic rings. The number of unbranched alkanes of at least 4 members (excludes halogenated alkanes) is 1. The van der Waals surface area contributed by atoms with Gasteiger partial charge in [0.05, 0.1) is 13.2 Å². The van der Waals surface area contributed by atoms with Gasteiger partial charge in [-0.15, -0.1) is 0 Å². The Labute approximate surface area is 285 Å². The fourth-order valence-corrected chi connectivity index (χ4v) is 4.92. The lowest BCUT2D eigenvalue weighted by Gasteiger charge is -2.26. The number of aromatic amines is 1. The van der Waals surface area contributed by atoms with Gasteiger partial charge in [0.1, 0.15) is 24.3 Å². The van der Waals surface area contributed by atoms with E-state index in [4.69, 9.17) is 14.2 Å². The number of methoxy groups -OCH3 is 1. The van der Waals surface area contributed by atoms with Crippen LogP contribution in [0, 0.1) is 0 Å². The molecule has 14 nitrogen and oxygen atoms in total. The average Bonchev–Trinajstić information content (AvgIpc) is 3.46. The second-order valence-corrected chi connectivity index (χ2v) is 12.6. The molecule has 14 heteroatoms. The number of rotatable bonds is 16. The lowest BCUT2D eigenvalue weighted by Crippen LogP contribution is -2.58. The molecule has 3 aromatic rings. The summed E-state index contributed by atoms with van der Waals surface area (Å²) in [6.07, 6.45) is -0.0193. The smallest absolute Gasteiger partial charge is 0.408 e. The number of carbonyl (C=O) groups excluding carboxylic acids is 5. The number of aromatic nitrogens is 1. The number of carbonyl (C=O) groups is 5. The molecule has 0 aliphatic heterocycles. The topological polar surface area (TPSA) is 197 Å². The van der Waals surface area contributed by atoms with Crippen LogP contribution in [0.5, 0.6) is 0 Å². The van der Waals surface area contributed by atoms with Crippen molar-refractivity contribution in [3.05, 3.63) is 71.9 Å². The number of hydrogen-bond donors (Lipinski definition) is 6. The quantitative estimate of drug-likeness (QED) is 0.0747. The highest BCUT2D eigenvalue weighted by atomic mass is 16.6. The molecule has 1 heterocycles. The lowest BCUT2D eigenvalue weighted by atomic mass is 10.0. The molecule has 6 N–H and O–H groups in total. The zero-order valence-electron chi connectivity index (χ0n) is 28.5. The molecule has 266 valence electrons. The Balaban J connectivity index is 1.72. The van der Waals surface area contributed by atoms with E-state index >= 15 is 0 Å². The lowest BCUT2D eigenvalue weighted by molar-refractivity contribution is -0.148. The molecule has 2 aromatic carbocycles. The average molecular weight is 682 g/mol. The van der Waals surface area contributed by atoms with Gasteiger partial charge in [-0.2, -0.15) is 0 Å². The molecule has 0 bridgehead atoms. The van der Waals surface area contributed by atoms with Crippen molar-refractivity contribution in [3.63, 3.8) is 0 Å². The number of hydrogen-bond acceptors (Lipinski definition) is 9. The van der Waals surface area contributed by atoms with E-state index in [1.54, 1.807) is 27.0 Å². The van der Waals surface area contributed by atoms with Crippen molar-refractivity contribution in [3.8, 4) is 0 Å². The summed E-state index contributed by atoms with van der Waals surface area (Å²) in [5.41, 5.74) is 1.60. The third-order valence-electron chi connectivity index (χ3n) is 7.38. The van der Waals surface area contributed by atoms with Crippen molar-refractivity contribution in [1.82, 2.24) is 26.3 Å². The maximum Gasteiger partial charge on any atom is 0.408 e. The Morgan fingerprint density at radius 1 is 0.857 bits per heavy atom. The zero-order valence-corrected chi connectivity index (χ0v) is 28.5. The van der Waals surface area contributed by atoms with Crippen LogP contribution in [0.1, 0.15) is 58.1 Å². The van der Waals surface area contributed by atoms with E-state index in [1.807, 2.05) is 54.6 Å². The summed E-state index contributed by atoms with van der Waals surface area (Å²) >= 11 is 0. The molecule has 0 aliphatic carbocycles. The molecule has 49 heavy (non-hydrogen) atoms. The minimum atomic E-state index is -1.39. The molecule has 4 atom stereocenters. The summed E-state index contributed by atoms with van der Waals surface area (Å²) in [5, 5.41) is 21.4. The number of esters is 1. The van der Waals surface area contributed by atoms with Crippen LogP contribution >= 0.6 is 0 Å². The van der Waals surface area contributed by atoms with Crippen LogP contribution in [0.3, 0.4) is 0 Å². The number of para-hydroxylation sites is 1. The number of alkyl carbamates (subject to hydrolysis) is 2. The van der Waals surface area contributed by atoms with Crippen molar-refractivity contribution >= 4 is 40.9 Å². The molecule has 0 saturated heterocycles. The number of amides is 4. The van der Waals surface area contributed by atoms with Crippen molar-refractivity contribution in [2.75, 3.05) is 13.7 Å². The van der Waals surface area contributed by atoms with E-state index in [-0.39, 0.29) is 26.0 Å². The van der Waals surface area contributed by atoms with Crippen LogP contribution < -0.4 is 21.3 Å². The van der Waals surface area contributed by atoms with Crippen LogP contribution in [0.4, 0.5) is 9.59 Å². The molecule has 0 spiro atoms. The van der Waals surface area contributed by atoms with E-state index in [1.165, 1.54) is 6.92 Å². The predicted molar refractivity (Wildman–Crippen MR) is 181 cm³/mol. The maximum atomic E-state index is 13.8. The standard InChI is InChI=1S/C35H47N5O9/c1-22(41)29(32(44)47-5)40-30(42)27(17-11-12-18-36-33(45)48-21-23-13-7-6-8-14-23)38-31(43)28(39-34(46)49-35(2,3)4)19-24-20-37-26-16-10-9-15-25(24)26/h6-10,13-16,20,22,27-29,37,41H,11-12,17-19,21H2,1-5H3,(H,36,45)(H,38,43)(H,39,46)(H,40,42)/t22-,27+,28-,29-/m1/s1. The van der Waals surface area contributed by atoms with Crippen LogP contribution in [0.25, 0.3) is 10.9 Å². The summed E-state index contributed by atoms with van der Waals surface area (Å²) in [7, 11) is 1.12.